The van der Waals surface area contributed by atoms with Gasteiger partial charge in [0.1, 0.15) is 0 Å². The largest absolute Gasteiger partial charge is 0.481 e. The van der Waals surface area contributed by atoms with Gasteiger partial charge in [0.15, 0.2) is 0 Å². The maximum Gasteiger partial charge on any atom is 0.303 e. The van der Waals surface area contributed by atoms with Crippen LogP contribution in [0.2, 0.25) is 0 Å². The fourth-order valence-corrected chi connectivity index (χ4v) is 2.09. The second-order valence-electron chi connectivity index (χ2n) is 3.88. The molecule has 1 aromatic rings. The van der Waals surface area contributed by atoms with E-state index in [1.807, 2.05) is 0 Å². The van der Waals surface area contributed by atoms with Crippen LogP contribution in [0.15, 0.2) is 29.2 Å². The van der Waals surface area contributed by atoms with Crippen LogP contribution in [0.1, 0.15) is 24.8 Å². The number of carboxylic acid groups (broad SMARTS) is 1. The number of aryl methyl sites for hydroxylation is 1. The molecule has 1 N–H and O–H groups in total. The van der Waals surface area contributed by atoms with Crippen molar-refractivity contribution in [2.24, 2.45) is 0 Å². The van der Waals surface area contributed by atoms with E-state index in [9.17, 15) is 4.79 Å². The Labute approximate surface area is 99.2 Å². The maximum absolute atomic E-state index is 10.3. The van der Waals surface area contributed by atoms with Gasteiger partial charge in [-0.1, -0.05) is 18.0 Å². The molecule has 0 aromatic heterocycles. The van der Waals surface area contributed by atoms with Gasteiger partial charge < -0.3 is 5.11 Å². The predicted octanol–water partition coefficient (Wildman–Crippen LogP) is 3.17. The highest BCUT2D eigenvalue weighted by atomic mass is 32.2. The summed E-state index contributed by atoms with van der Waals surface area (Å²) < 4.78 is 0. The van der Waals surface area contributed by atoms with E-state index in [4.69, 9.17) is 5.11 Å². The van der Waals surface area contributed by atoms with Gasteiger partial charge in [-0.25, -0.2) is 0 Å². The molecule has 0 bridgehead atoms. The first-order valence-corrected chi connectivity index (χ1v) is 7.16. The van der Waals surface area contributed by atoms with Crippen molar-refractivity contribution in [3.8, 4) is 0 Å². The van der Waals surface area contributed by atoms with Crippen molar-refractivity contribution >= 4 is 22.3 Å². The second-order valence-corrected chi connectivity index (χ2v) is 5.63. The molecule has 0 fully saturated rings. The highest BCUT2D eigenvalue weighted by Gasteiger charge is 1.98. The van der Waals surface area contributed by atoms with Crippen LogP contribution in [0, 0.1) is 0 Å². The van der Waals surface area contributed by atoms with E-state index < -0.39 is 5.97 Å². The quantitative estimate of drug-likeness (QED) is 0.610. The van der Waals surface area contributed by atoms with Gasteiger partial charge in [-0.3, -0.25) is 4.79 Å². The number of carboxylic acids is 1. The molecule has 1 rings (SSSR count). The van der Waals surface area contributed by atoms with Gasteiger partial charge in [0.05, 0.1) is 0 Å². The first-order chi connectivity index (χ1) is 7.59. The maximum atomic E-state index is 10.3. The smallest absolute Gasteiger partial charge is 0.303 e. The first-order valence-electron chi connectivity index (χ1n) is 5.36. The van der Waals surface area contributed by atoms with Crippen molar-refractivity contribution in [2.45, 2.75) is 30.6 Å². The van der Waals surface area contributed by atoms with Crippen LogP contribution >= 0.6 is 10.5 Å². The van der Waals surface area contributed by atoms with Crippen LogP contribution in [-0.2, 0) is 11.2 Å². The van der Waals surface area contributed by atoms with Gasteiger partial charge in [0.2, 0.25) is 0 Å². The summed E-state index contributed by atoms with van der Waals surface area (Å²) in [5.41, 5.74) is 1.28. The van der Waals surface area contributed by atoms with Gasteiger partial charge in [0.25, 0.3) is 0 Å². The molecule has 1 aromatic carbocycles. The zero-order valence-corrected chi connectivity index (χ0v) is 10.4. The summed E-state index contributed by atoms with van der Waals surface area (Å²) in [6, 6.07) is 8.46. The summed E-state index contributed by atoms with van der Waals surface area (Å²) in [6.07, 6.45) is 5.03. The van der Waals surface area contributed by atoms with Gasteiger partial charge in [0, 0.05) is 11.3 Å². The summed E-state index contributed by atoms with van der Waals surface area (Å²) in [7, 11) is 0.0715. The molecule has 3 heteroatoms. The third-order valence-corrected chi connectivity index (χ3v) is 3.51. The average Bonchev–Trinajstić information content (AvgIpc) is 2.25. The lowest BCUT2D eigenvalue weighted by Gasteiger charge is -2.04. The molecule has 2 nitrogen and oxygen atoms in total. The molecular weight excluding hydrogens is 220 g/mol. The molecule has 88 valence electrons. The van der Waals surface area contributed by atoms with Crippen LogP contribution in [0.25, 0.3) is 0 Å². The SMILES string of the molecule is C=S(C)c1ccc(CCCCC(=O)O)cc1. The number of unbranched alkanes of at least 4 members (excludes halogenated alkanes) is 1. The van der Waals surface area contributed by atoms with E-state index in [-0.39, 0.29) is 16.9 Å². The summed E-state index contributed by atoms with van der Waals surface area (Å²) >= 11 is 0. The lowest BCUT2D eigenvalue weighted by atomic mass is 10.1. The molecule has 0 saturated carbocycles. The Kier molecular flexibility index (Phi) is 5.26. The Bertz CT molecular complexity index is 368. The topological polar surface area (TPSA) is 37.3 Å². The molecular formula is C13H18O2S. The Hall–Kier alpha value is -1.09. The number of aliphatic carboxylic acids is 1. The van der Waals surface area contributed by atoms with Gasteiger partial charge in [-0.05, 0) is 43.2 Å². The molecule has 16 heavy (non-hydrogen) atoms. The molecule has 0 amide bonds. The Morgan fingerprint density at radius 2 is 1.94 bits per heavy atom. The fraction of sp³-hybridized carbons (Fsp3) is 0.385. The number of carbonyl (C=O) groups is 1. The average molecular weight is 238 g/mol. The van der Waals surface area contributed by atoms with Crippen molar-refractivity contribution in [2.75, 3.05) is 6.26 Å². The first kappa shape index (κ1) is 13.0. The van der Waals surface area contributed by atoms with Crippen molar-refractivity contribution < 1.29 is 9.90 Å². The summed E-state index contributed by atoms with van der Waals surface area (Å²) in [6.45, 7) is 0. The Morgan fingerprint density at radius 3 is 2.44 bits per heavy atom. The monoisotopic (exact) mass is 238 g/mol. The van der Waals surface area contributed by atoms with Crippen molar-refractivity contribution in [3.63, 3.8) is 0 Å². The van der Waals surface area contributed by atoms with Crippen LogP contribution in [0.3, 0.4) is 0 Å². The summed E-state index contributed by atoms with van der Waals surface area (Å²) in [5, 5.41) is 8.50. The van der Waals surface area contributed by atoms with E-state index >= 15 is 0 Å². The van der Waals surface area contributed by atoms with Crippen molar-refractivity contribution in [3.05, 3.63) is 29.8 Å². The highest BCUT2D eigenvalue weighted by Crippen LogP contribution is 2.21. The minimum Gasteiger partial charge on any atom is -0.481 e. The van der Waals surface area contributed by atoms with Gasteiger partial charge in [-0.15, -0.1) is 0 Å². The van der Waals surface area contributed by atoms with E-state index in [1.165, 1.54) is 10.5 Å². The molecule has 0 aliphatic rings. The second kappa shape index (κ2) is 6.48. The number of benzene rings is 1. The van der Waals surface area contributed by atoms with E-state index in [2.05, 4.69) is 36.4 Å². The van der Waals surface area contributed by atoms with Gasteiger partial charge >= 0.3 is 5.97 Å². The molecule has 1 unspecified atom stereocenters. The molecule has 0 heterocycles. The number of rotatable bonds is 6. The fourth-order valence-electron chi connectivity index (χ4n) is 1.49. The summed E-state index contributed by atoms with van der Waals surface area (Å²) in [5.74, 6) is 3.29. The third-order valence-electron chi connectivity index (χ3n) is 2.43. The molecule has 1 atom stereocenters. The minimum atomic E-state index is -0.706. The highest BCUT2D eigenvalue weighted by molar-refractivity contribution is 8.13. The zero-order chi connectivity index (χ0) is 12.0. The van der Waals surface area contributed by atoms with E-state index in [1.54, 1.807) is 0 Å². The third kappa shape index (κ3) is 4.62. The van der Waals surface area contributed by atoms with Crippen LogP contribution < -0.4 is 0 Å². The molecule has 0 radical (unpaired) electrons. The predicted molar refractivity (Wildman–Crippen MR) is 70.5 cm³/mol. The molecule has 0 aliphatic heterocycles. The minimum absolute atomic E-state index is 0.0715. The Morgan fingerprint density at radius 1 is 1.31 bits per heavy atom. The van der Waals surface area contributed by atoms with Crippen molar-refractivity contribution in [1.29, 1.82) is 0 Å². The standard InChI is InChI=1S/C13H18O2S/c1-16(2)12-9-7-11(8-10-12)5-3-4-6-13(14)15/h7-10H,1,3-6H2,2H3,(H,14,15). The molecule has 0 saturated heterocycles. The normalized spacial score (nSPS) is 12.3. The van der Waals surface area contributed by atoms with Crippen LogP contribution in [-0.4, -0.2) is 23.2 Å². The molecule has 0 aliphatic carbocycles. The van der Waals surface area contributed by atoms with Crippen LogP contribution in [0.5, 0.6) is 0 Å². The molecule has 0 spiro atoms. The Balaban J connectivity index is 2.38. The van der Waals surface area contributed by atoms with Crippen LogP contribution in [0.4, 0.5) is 0 Å². The summed E-state index contributed by atoms with van der Waals surface area (Å²) in [4.78, 5) is 11.6. The van der Waals surface area contributed by atoms with E-state index in [0.717, 1.165) is 19.3 Å². The van der Waals surface area contributed by atoms with E-state index in [0.29, 0.717) is 0 Å². The zero-order valence-electron chi connectivity index (χ0n) is 9.61. The lowest BCUT2D eigenvalue weighted by Crippen LogP contribution is -1.94. The number of hydrogen-bond acceptors (Lipinski definition) is 1. The lowest BCUT2D eigenvalue weighted by molar-refractivity contribution is -0.137. The number of hydrogen-bond donors (Lipinski definition) is 1. The van der Waals surface area contributed by atoms with Crippen molar-refractivity contribution in [1.82, 2.24) is 0 Å². The van der Waals surface area contributed by atoms with Gasteiger partial charge in [-0.2, -0.15) is 10.5 Å².